The van der Waals surface area contributed by atoms with Crippen LogP contribution in [0.25, 0.3) is 20.7 Å². The summed E-state index contributed by atoms with van der Waals surface area (Å²) < 4.78 is 6.46. The van der Waals surface area contributed by atoms with Crippen LogP contribution in [0.4, 0.5) is 0 Å². The molecule has 1 aromatic carbocycles. The van der Waals surface area contributed by atoms with Crippen LogP contribution in [0, 0.1) is 0 Å². The molecule has 0 radical (unpaired) electrons. The molecule has 5 nitrogen and oxygen atoms in total. The third-order valence-corrected chi connectivity index (χ3v) is 4.83. The first kappa shape index (κ1) is 16.4. The second kappa shape index (κ2) is 6.97. The molecule has 0 saturated carbocycles. The number of ether oxygens (including phenoxy) is 1. The molecule has 0 saturated heterocycles. The Morgan fingerprint density at radius 2 is 2.08 bits per heavy atom. The zero-order valence-corrected chi connectivity index (χ0v) is 14.4. The standard InChI is InChI=1S/C18H18N2O3S/c1-3-9-23-18(22)12(2)20-11-19-16-14(17(20)21)10-15(24-16)13-7-5-4-6-8-13/h4-8,10-12H,3,9H2,1-2H3/t12-/m1/s1. The minimum Gasteiger partial charge on any atom is -0.464 e. The molecule has 0 aliphatic carbocycles. The van der Waals surface area contributed by atoms with Crippen molar-refractivity contribution >= 4 is 27.5 Å². The van der Waals surface area contributed by atoms with Crippen LogP contribution < -0.4 is 5.56 Å². The van der Waals surface area contributed by atoms with Crippen molar-refractivity contribution in [3.8, 4) is 10.4 Å². The second-order valence-electron chi connectivity index (χ2n) is 5.50. The number of carbonyl (C=O) groups excluding carboxylic acids is 1. The van der Waals surface area contributed by atoms with Crippen LogP contribution >= 0.6 is 11.3 Å². The maximum atomic E-state index is 12.7. The smallest absolute Gasteiger partial charge is 0.328 e. The molecule has 3 rings (SSSR count). The molecule has 2 heterocycles. The Balaban J connectivity index is 1.99. The second-order valence-corrected chi connectivity index (χ2v) is 6.53. The van der Waals surface area contributed by atoms with Crippen molar-refractivity contribution < 1.29 is 9.53 Å². The van der Waals surface area contributed by atoms with Crippen LogP contribution in [0.15, 0.2) is 47.5 Å². The summed E-state index contributed by atoms with van der Waals surface area (Å²) >= 11 is 1.47. The number of fused-ring (bicyclic) bond motifs is 1. The van der Waals surface area contributed by atoms with E-state index < -0.39 is 12.0 Å². The number of aromatic nitrogens is 2. The van der Waals surface area contributed by atoms with Crippen molar-refractivity contribution in [2.75, 3.05) is 6.61 Å². The number of carbonyl (C=O) groups is 1. The predicted octanol–water partition coefficient (Wildman–Crippen LogP) is 3.64. The highest BCUT2D eigenvalue weighted by molar-refractivity contribution is 7.21. The van der Waals surface area contributed by atoms with Gasteiger partial charge in [-0.3, -0.25) is 9.36 Å². The van der Waals surface area contributed by atoms with E-state index in [1.165, 1.54) is 22.2 Å². The first-order chi connectivity index (χ1) is 11.6. The number of benzene rings is 1. The molecule has 0 aliphatic rings. The molecule has 1 atom stereocenters. The van der Waals surface area contributed by atoms with Gasteiger partial charge < -0.3 is 4.74 Å². The number of esters is 1. The first-order valence-electron chi connectivity index (χ1n) is 7.84. The average Bonchev–Trinajstić information content (AvgIpc) is 3.05. The lowest BCUT2D eigenvalue weighted by molar-refractivity contribution is -0.147. The Labute approximate surface area is 143 Å². The average molecular weight is 342 g/mol. The van der Waals surface area contributed by atoms with E-state index in [9.17, 15) is 9.59 Å². The maximum absolute atomic E-state index is 12.7. The summed E-state index contributed by atoms with van der Waals surface area (Å²) in [6.45, 7) is 3.93. The minimum absolute atomic E-state index is 0.223. The molecule has 0 aliphatic heterocycles. The third kappa shape index (κ3) is 3.10. The van der Waals surface area contributed by atoms with Gasteiger partial charge in [-0.2, -0.15) is 0 Å². The summed E-state index contributed by atoms with van der Waals surface area (Å²) in [7, 11) is 0. The summed E-state index contributed by atoms with van der Waals surface area (Å²) in [4.78, 5) is 30.7. The SMILES string of the molecule is CCCOC(=O)[C@@H](C)n1cnc2sc(-c3ccccc3)cc2c1=O. The lowest BCUT2D eigenvalue weighted by atomic mass is 10.2. The monoisotopic (exact) mass is 342 g/mol. The van der Waals surface area contributed by atoms with Gasteiger partial charge in [0.1, 0.15) is 10.9 Å². The molecule has 3 aromatic rings. The van der Waals surface area contributed by atoms with Crippen molar-refractivity contribution in [3.05, 3.63) is 53.1 Å². The van der Waals surface area contributed by atoms with Gasteiger partial charge in [0, 0.05) is 4.88 Å². The fourth-order valence-corrected chi connectivity index (χ4v) is 3.39. The lowest BCUT2D eigenvalue weighted by Gasteiger charge is -2.13. The fourth-order valence-electron chi connectivity index (χ4n) is 2.39. The van der Waals surface area contributed by atoms with Gasteiger partial charge in [0.2, 0.25) is 0 Å². The molecule has 24 heavy (non-hydrogen) atoms. The summed E-state index contributed by atoms with van der Waals surface area (Å²) in [5.74, 6) is -0.418. The van der Waals surface area contributed by atoms with Gasteiger partial charge in [-0.05, 0) is 25.0 Å². The Bertz CT molecular complexity index is 915. The third-order valence-electron chi connectivity index (χ3n) is 3.74. The topological polar surface area (TPSA) is 61.2 Å². The van der Waals surface area contributed by atoms with Gasteiger partial charge in [-0.1, -0.05) is 37.3 Å². The van der Waals surface area contributed by atoms with Gasteiger partial charge in [0.05, 0.1) is 18.3 Å². The van der Waals surface area contributed by atoms with Gasteiger partial charge >= 0.3 is 5.97 Å². The number of thiophene rings is 1. The van der Waals surface area contributed by atoms with E-state index in [-0.39, 0.29) is 5.56 Å². The van der Waals surface area contributed by atoms with E-state index in [1.807, 2.05) is 43.3 Å². The van der Waals surface area contributed by atoms with Crippen LogP contribution in [-0.2, 0) is 9.53 Å². The number of rotatable bonds is 5. The zero-order valence-electron chi connectivity index (χ0n) is 13.6. The number of nitrogens with zero attached hydrogens (tertiary/aromatic N) is 2. The molecule has 0 N–H and O–H groups in total. The normalized spacial score (nSPS) is 12.2. The van der Waals surface area contributed by atoms with Gasteiger partial charge in [-0.15, -0.1) is 11.3 Å². The Hall–Kier alpha value is -2.47. The molecule has 0 amide bonds. The summed E-state index contributed by atoms with van der Waals surface area (Å²) in [6.07, 6.45) is 2.17. The van der Waals surface area contributed by atoms with E-state index in [0.717, 1.165) is 16.9 Å². The maximum Gasteiger partial charge on any atom is 0.328 e. The van der Waals surface area contributed by atoms with Crippen LogP contribution in [-0.4, -0.2) is 22.1 Å². The van der Waals surface area contributed by atoms with Crippen LogP contribution in [0.3, 0.4) is 0 Å². The quantitative estimate of drug-likeness (QED) is 0.664. The number of hydrogen-bond acceptors (Lipinski definition) is 5. The highest BCUT2D eigenvalue weighted by Gasteiger charge is 2.20. The lowest BCUT2D eigenvalue weighted by Crippen LogP contribution is -2.29. The molecule has 124 valence electrons. The van der Waals surface area contributed by atoms with Crippen LogP contribution in [0.5, 0.6) is 0 Å². The summed E-state index contributed by atoms with van der Waals surface area (Å²) in [5.41, 5.74) is 0.821. The van der Waals surface area contributed by atoms with Crippen molar-refractivity contribution in [1.29, 1.82) is 0 Å². The van der Waals surface area contributed by atoms with Crippen LogP contribution in [0.2, 0.25) is 0 Å². The largest absolute Gasteiger partial charge is 0.464 e. The molecule has 0 bridgehead atoms. The van der Waals surface area contributed by atoms with Crippen molar-refractivity contribution in [3.63, 3.8) is 0 Å². The Kier molecular flexibility index (Phi) is 4.76. The van der Waals surface area contributed by atoms with Crippen molar-refractivity contribution in [1.82, 2.24) is 9.55 Å². The van der Waals surface area contributed by atoms with Crippen molar-refractivity contribution in [2.45, 2.75) is 26.3 Å². The number of hydrogen-bond donors (Lipinski definition) is 0. The Morgan fingerprint density at radius 3 is 2.79 bits per heavy atom. The van der Waals surface area contributed by atoms with Crippen LogP contribution in [0.1, 0.15) is 26.3 Å². The minimum atomic E-state index is -0.693. The predicted molar refractivity (Wildman–Crippen MR) is 95.3 cm³/mol. The van der Waals surface area contributed by atoms with E-state index in [0.29, 0.717) is 16.8 Å². The molecule has 2 aromatic heterocycles. The zero-order chi connectivity index (χ0) is 17.1. The van der Waals surface area contributed by atoms with E-state index in [1.54, 1.807) is 6.92 Å². The molecular formula is C18H18N2O3S. The molecule has 0 spiro atoms. The van der Waals surface area contributed by atoms with E-state index >= 15 is 0 Å². The van der Waals surface area contributed by atoms with Gasteiger partial charge in [-0.25, -0.2) is 9.78 Å². The summed E-state index contributed by atoms with van der Waals surface area (Å²) in [5, 5.41) is 0.525. The highest BCUT2D eigenvalue weighted by atomic mass is 32.1. The Morgan fingerprint density at radius 1 is 1.33 bits per heavy atom. The molecule has 6 heteroatoms. The molecule has 0 unspecified atom stereocenters. The van der Waals surface area contributed by atoms with Crippen molar-refractivity contribution in [2.24, 2.45) is 0 Å². The highest BCUT2D eigenvalue weighted by Crippen LogP contribution is 2.30. The van der Waals surface area contributed by atoms with E-state index in [4.69, 9.17) is 4.74 Å². The summed E-state index contributed by atoms with van der Waals surface area (Å²) in [6, 6.07) is 11.0. The van der Waals surface area contributed by atoms with Gasteiger partial charge in [0.25, 0.3) is 5.56 Å². The molecule has 0 fully saturated rings. The van der Waals surface area contributed by atoms with E-state index in [2.05, 4.69) is 4.98 Å². The molecular weight excluding hydrogens is 324 g/mol. The van der Waals surface area contributed by atoms with Gasteiger partial charge in [0.15, 0.2) is 0 Å². The fraction of sp³-hybridized carbons (Fsp3) is 0.278. The first-order valence-corrected chi connectivity index (χ1v) is 8.66.